The van der Waals surface area contributed by atoms with Crippen LogP contribution in [0.5, 0.6) is 0 Å². The fourth-order valence-electron chi connectivity index (χ4n) is 1.19. The number of hydrogen-bond acceptors (Lipinski definition) is 6. The first-order valence-electron chi connectivity index (χ1n) is 5.08. The summed E-state index contributed by atoms with van der Waals surface area (Å²) in [7, 11) is 0. The number of nitrogens with zero attached hydrogens (tertiary/aromatic N) is 2. The Balaban J connectivity index is 2.37. The molecule has 0 aliphatic carbocycles. The molecule has 0 aromatic carbocycles. The Hall–Kier alpha value is -1.56. The largest absolute Gasteiger partial charge is 0.492 e. The molecule has 1 rings (SSSR count). The van der Waals surface area contributed by atoms with Crippen LogP contribution in [-0.4, -0.2) is 60.6 Å². The molecule has 0 radical (unpaired) electrons. The van der Waals surface area contributed by atoms with Gasteiger partial charge >= 0.3 is 24.3 Å². The minimum atomic E-state index is -5.17. The molecule has 0 amide bonds. The number of halogens is 6. The minimum Gasteiger partial charge on any atom is -0.361 e. The summed E-state index contributed by atoms with van der Waals surface area (Å²) in [5, 5.41) is 1.24. The van der Waals surface area contributed by atoms with Gasteiger partial charge in [0.05, 0.1) is 26.2 Å². The van der Waals surface area contributed by atoms with Crippen molar-refractivity contribution in [3.63, 3.8) is 0 Å². The Morgan fingerprint density at radius 2 is 0.950 bits per heavy atom. The summed E-state index contributed by atoms with van der Waals surface area (Å²) in [5.41, 5.74) is 0. The molecule has 20 heavy (non-hydrogen) atoms. The second-order valence-electron chi connectivity index (χ2n) is 3.61. The van der Waals surface area contributed by atoms with Crippen LogP contribution in [0.25, 0.3) is 0 Å². The Morgan fingerprint density at radius 3 is 1.15 bits per heavy atom. The van der Waals surface area contributed by atoms with Crippen LogP contribution in [0.3, 0.4) is 0 Å². The van der Waals surface area contributed by atoms with Crippen molar-refractivity contribution < 1.29 is 45.6 Å². The summed E-state index contributed by atoms with van der Waals surface area (Å²) in [4.78, 5) is 28.9. The molecule has 116 valence electrons. The molecule has 0 aromatic rings. The monoisotopic (exact) mass is 310 g/mol. The van der Waals surface area contributed by atoms with Gasteiger partial charge in [-0.3, -0.25) is 0 Å². The van der Waals surface area contributed by atoms with Gasteiger partial charge in [0.2, 0.25) is 0 Å². The predicted molar refractivity (Wildman–Crippen MR) is 47.4 cm³/mol. The first-order valence-corrected chi connectivity index (χ1v) is 5.08. The van der Waals surface area contributed by atoms with Crippen LogP contribution in [0.1, 0.15) is 0 Å². The van der Waals surface area contributed by atoms with E-state index in [9.17, 15) is 35.9 Å². The number of rotatable bonds is 2. The fourth-order valence-corrected chi connectivity index (χ4v) is 1.19. The van der Waals surface area contributed by atoms with Crippen molar-refractivity contribution in [2.45, 2.75) is 12.4 Å². The molecule has 0 aromatic heterocycles. The Morgan fingerprint density at radius 1 is 0.700 bits per heavy atom. The molecule has 0 bridgehead atoms. The van der Waals surface area contributed by atoms with E-state index in [2.05, 4.69) is 9.68 Å². The minimum absolute atomic E-state index is 0.340. The number of hydroxylamine groups is 4. The molecule has 1 heterocycles. The van der Waals surface area contributed by atoms with E-state index in [4.69, 9.17) is 0 Å². The van der Waals surface area contributed by atoms with Gasteiger partial charge < -0.3 is 9.68 Å². The highest BCUT2D eigenvalue weighted by Gasteiger charge is 2.44. The normalized spacial score (nSPS) is 18.7. The van der Waals surface area contributed by atoms with Crippen molar-refractivity contribution >= 4 is 11.9 Å². The molecule has 0 unspecified atom stereocenters. The highest BCUT2D eigenvalue weighted by atomic mass is 19.4. The molecular weight excluding hydrogens is 302 g/mol. The Labute approximate surface area is 107 Å². The number of hydrogen-bond donors (Lipinski definition) is 0. The number of carbonyl (C=O) groups is 2. The van der Waals surface area contributed by atoms with Gasteiger partial charge in [-0.1, -0.05) is 0 Å². The van der Waals surface area contributed by atoms with Gasteiger partial charge in [-0.05, 0) is 0 Å². The van der Waals surface area contributed by atoms with Crippen LogP contribution >= 0.6 is 0 Å². The highest BCUT2D eigenvalue weighted by Crippen LogP contribution is 2.19. The van der Waals surface area contributed by atoms with Crippen LogP contribution in [0.15, 0.2) is 0 Å². The smallest absolute Gasteiger partial charge is 0.361 e. The van der Waals surface area contributed by atoms with Gasteiger partial charge in [0, 0.05) is 0 Å². The van der Waals surface area contributed by atoms with Crippen molar-refractivity contribution in [1.29, 1.82) is 0 Å². The number of piperazine rings is 1. The van der Waals surface area contributed by atoms with Gasteiger partial charge in [0.1, 0.15) is 0 Å². The van der Waals surface area contributed by atoms with Crippen LogP contribution in [0.4, 0.5) is 26.3 Å². The van der Waals surface area contributed by atoms with Crippen molar-refractivity contribution in [3.05, 3.63) is 0 Å². The third-order valence-electron chi connectivity index (χ3n) is 2.08. The van der Waals surface area contributed by atoms with E-state index in [-0.39, 0.29) is 26.2 Å². The van der Waals surface area contributed by atoms with Crippen molar-refractivity contribution in [3.8, 4) is 0 Å². The molecule has 0 spiro atoms. The van der Waals surface area contributed by atoms with E-state index < -0.39 is 24.3 Å². The van der Waals surface area contributed by atoms with Crippen LogP contribution < -0.4 is 0 Å². The number of alkyl halides is 6. The lowest BCUT2D eigenvalue weighted by atomic mass is 10.4. The molecule has 1 aliphatic rings. The average molecular weight is 310 g/mol. The lowest BCUT2D eigenvalue weighted by molar-refractivity contribution is -0.267. The fraction of sp³-hybridized carbons (Fsp3) is 0.750. The standard InChI is InChI=1S/C8H8F6N2O4/c9-7(10,11)5(17)19-15-1-2-16(4-3-15)20-6(18)8(12,13)14/h1-4H2. The second-order valence-corrected chi connectivity index (χ2v) is 3.61. The maximum atomic E-state index is 11.9. The Kier molecular flexibility index (Phi) is 4.81. The van der Waals surface area contributed by atoms with Crippen LogP contribution in [0.2, 0.25) is 0 Å². The SMILES string of the molecule is O=C(ON1CCN(OC(=O)C(F)(F)F)CC1)C(F)(F)F. The molecule has 0 saturated carbocycles. The maximum absolute atomic E-state index is 11.9. The molecule has 12 heteroatoms. The first kappa shape index (κ1) is 16.5. The average Bonchev–Trinajstić information content (AvgIpc) is 2.29. The Bertz CT molecular complexity index is 338. The summed E-state index contributed by atoms with van der Waals surface area (Å²) in [5.74, 6) is -4.86. The maximum Gasteiger partial charge on any atom is 0.492 e. The van der Waals surface area contributed by atoms with E-state index in [1.54, 1.807) is 0 Å². The first-order chi connectivity index (χ1) is 9.00. The van der Waals surface area contributed by atoms with Crippen molar-refractivity contribution in [2.75, 3.05) is 26.2 Å². The summed E-state index contributed by atoms with van der Waals surface area (Å²) in [6.45, 7) is -1.36. The zero-order chi connectivity index (χ0) is 15.6. The molecule has 0 N–H and O–H groups in total. The molecule has 1 fully saturated rings. The molecule has 1 saturated heterocycles. The third-order valence-corrected chi connectivity index (χ3v) is 2.08. The van der Waals surface area contributed by atoms with Gasteiger partial charge in [0.15, 0.2) is 0 Å². The quantitative estimate of drug-likeness (QED) is 0.698. The topological polar surface area (TPSA) is 59.1 Å². The van der Waals surface area contributed by atoms with Gasteiger partial charge in [-0.15, -0.1) is 10.1 Å². The van der Waals surface area contributed by atoms with Gasteiger partial charge in [-0.25, -0.2) is 9.59 Å². The van der Waals surface area contributed by atoms with Crippen LogP contribution in [-0.2, 0) is 19.3 Å². The van der Waals surface area contributed by atoms with Gasteiger partial charge in [0.25, 0.3) is 0 Å². The van der Waals surface area contributed by atoms with E-state index >= 15 is 0 Å². The van der Waals surface area contributed by atoms with E-state index in [1.807, 2.05) is 0 Å². The van der Waals surface area contributed by atoms with Crippen molar-refractivity contribution in [2.24, 2.45) is 0 Å². The van der Waals surface area contributed by atoms with Crippen LogP contribution in [0, 0.1) is 0 Å². The van der Waals surface area contributed by atoms with E-state index in [1.165, 1.54) is 0 Å². The number of carbonyl (C=O) groups excluding carboxylic acids is 2. The predicted octanol–water partition coefficient (Wildman–Crippen LogP) is 0.645. The van der Waals surface area contributed by atoms with Gasteiger partial charge in [-0.2, -0.15) is 26.3 Å². The van der Waals surface area contributed by atoms with E-state index in [0.717, 1.165) is 0 Å². The lowest BCUT2D eigenvalue weighted by Gasteiger charge is -2.31. The highest BCUT2D eigenvalue weighted by molar-refractivity contribution is 5.75. The summed E-state index contributed by atoms with van der Waals surface area (Å²) in [6, 6.07) is 0. The molecule has 1 aliphatic heterocycles. The molecule has 6 nitrogen and oxygen atoms in total. The molecular formula is C8H8F6N2O4. The third kappa shape index (κ3) is 4.85. The summed E-state index contributed by atoms with van der Waals surface area (Å²) >= 11 is 0. The zero-order valence-corrected chi connectivity index (χ0v) is 9.62. The van der Waals surface area contributed by atoms with E-state index in [0.29, 0.717) is 10.1 Å². The lowest BCUT2D eigenvalue weighted by Crippen LogP contribution is -2.49. The summed E-state index contributed by atoms with van der Waals surface area (Å²) < 4.78 is 71.3. The zero-order valence-electron chi connectivity index (χ0n) is 9.62. The summed E-state index contributed by atoms with van der Waals surface area (Å²) in [6.07, 6.45) is -10.3. The molecule has 0 atom stereocenters. The van der Waals surface area contributed by atoms with Crippen molar-refractivity contribution in [1.82, 2.24) is 10.1 Å². The second kappa shape index (κ2) is 5.83.